The predicted molar refractivity (Wildman–Crippen MR) is 91.5 cm³/mol. The molecule has 6 nitrogen and oxygen atoms in total. The zero-order valence-electron chi connectivity index (χ0n) is 14.2. The minimum atomic E-state index is -1.14. The van der Waals surface area contributed by atoms with Crippen molar-refractivity contribution in [1.82, 2.24) is 20.2 Å². The van der Waals surface area contributed by atoms with Gasteiger partial charge in [-0.1, -0.05) is 26.8 Å². The summed E-state index contributed by atoms with van der Waals surface area (Å²) in [6.45, 7) is 8.10. The Labute approximate surface area is 144 Å². The Morgan fingerprint density at radius 2 is 2.04 bits per heavy atom. The number of imide groups is 1. The summed E-state index contributed by atoms with van der Waals surface area (Å²) in [6.07, 6.45) is 1.61. The van der Waals surface area contributed by atoms with Gasteiger partial charge in [0.15, 0.2) is 5.54 Å². The molecule has 3 heterocycles. The van der Waals surface area contributed by atoms with E-state index in [9.17, 15) is 9.59 Å². The zero-order chi connectivity index (χ0) is 17.5. The number of amides is 3. The lowest BCUT2D eigenvalue weighted by Gasteiger charge is -2.20. The second kappa shape index (κ2) is 5.66. The van der Waals surface area contributed by atoms with Crippen molar-refractivity contribution in [3.8, 4) is 0 Å². The van der Waals surface area contributed by atoms with E-state index < -0.39 is 11.6 Å². The quantitative estimate of drug-likeness (QED) is 0.869. The number of hydrogen-bond acceptors (Lipinski definition) is 5. The van der Waals surface area contributed by atoms with Crippen LogP contribution in [0.2, 0.25) is 0 Å². The molecule has 0 spiro atoms. The van der Waals surface area contributed by atoms with Crippen LogP contribution in [0.25, 0.3) is 0 Å². The van der Waals surface area contributed by atoms with Crippen LogP contribution in [0.15, 0.2) is 29.8 Å². The second-order valence-corrected chi connectivity index (χ2v) is 7.91. The highest BCUT2D eigenvalue weighted by molar-refractivity contribution is 7.09. The Balaban J connectivity index is 1.84. The lowest BCUT2D eigenvalue weighted by atomic mass is 9.97. The van der Waals surface area contributed by atoms with Gasteiger partial charge in [-0.25, -0.2) is 9.78 Å². The number of carbonyl (C=O) groups excluding carboxylic acids is 2. The lowest BCUT2D eigenvalue weighted by Crippen LogP contribution is -2.41. The zero-order valence-corrected chi connectivity index (χ0v) is 15.0. The van der Waals surface area contributed by atoms with Gasteiger partial charge in [0.25, 0.3) is 5.91 Å². The summed E-state index contributed by atoms with van der Waals surface area (Å²) >= 11 is 1.55. The van der Waals surface area contributed by atoms with E-state index in [2.05, 4.69) is 36.1 Å². The first-order valence-electron chi connectivity index (χ1n) is 7.72. The molecule has 1 aliphatic heterocycles. The molecular formula is C17H20N4O2S. The van der Waals surface area contributed by atoms with Crippen molar-refractivity contribution >= 4 is 23.3 Å². The number of rotatable bonds is 3. The van der Waals surface area contributed by atoms with E-state index in [1.54, 1.807) is 42.7 Å². The van der Waals surface area contributed by atoms with E-state index >= 15 is 0 Å². The molecule has 1 fully saturated rings. The number of thiazole rings is 1. The molecule has 1 aliphatic rings. The fourth-order valence-corrected chi connectivity index (χ4v) is 3.46. The van der Waals surface area contributed by atoms with Crippen LogP contribution in [0.5, 0.6) is 0 Å². The normalized spacial score (nSPS) is 21.2. The molecule has 24 heavy (non-hydrogen) atoms. The van der Waals surface area contributed by atoms with Crippen molar-refractivity contribution in [3.63, 3.8) is 0 Å². The molecule has 7 heteroatoms. The Morgan fingerprint density at radius 3 is 2.62 bits per heavy atom. The van der Waals surface area contributed by atoms with Crippen LogP contribution < -0.4 is 5.32 Å². The van der Waals surface area contributed by atoms with Crippen LogP contribution in [0, 0.1) is 0 Å². The van der Waals surface area contributed by atoms with Crippen LogP contribution in [-0.4, -0.2) is 26.8 Å². The number of urea groups is 1. The standard InChI is InChI=1S/C17H20N4O2S/c1-16(2,3)13-19-11(10-24-13)9-21-14(22)17(4,20-15(21)23)12-7-5-6-8-18-12/h5-8,10H,9H2,1-4H3,(H,20,23)/t17-/m0/s1. The number of nitrogens with zero attached hydrogens (tertiary/aromatic N) is 3. The largest absolute Gasteiger partial charge is 0.325 e. The fourth-order valence-electron chi connectivity index (χ4n) is 2.56. The van der Waals surface area contributed by atoms with Gasteiger partial charge in [-0.05, 0) is 19.1 Å². The van der Waals surface area contributed by atoms with Gasteiger partial charge in [0.2, 0.25) is 0 Å². The third-order valence-electron chi connectivity index (χ3n) is 3.97. The summed E-state index contributed by atoms with van der Waals surface area (Å²) in [4.78, 5) is 35.1. The van der Waals surface area contributed by atoms with E-state index in [4.69, 9.17) is 0 Å². The van der Waals surface area contributed by atoms with Crippen molar-refractivity contribution in [2.24, 2.45) is 0 Å². The van der Waals surface area contributed by atoms with Crippen molar-refractivity contribution in [2.45, 2.75) is 45.2 Å². The molecule has 0 aliphatic carbocycles. The molecule has 1 N–H and O–H groups in total. The van der Waals surface area contributed by atoms with Crippen molar-refractivity contribution in [2.75, 3.05) is 0 Å². The third-order valence-corrected chi connectivity index (χ3v) is 5.28. The van der Waals surface area contributed by atoms with E-state index in [0.29, 0.717) is 5.69 Å². The molecule has 0 saturated carbocycles. The predicted octanol–water partition coefficient (Wildman–Crippen LogP) is 2.80. The van der Waals surface area contributed by atoms with Gasteiger partial charge in [-0.2, -0.15) is 0 Å². The average molecular weight is 344 g/mol. The highest BCUT2D eigenvalue weighted by atomic mass is 32.1. The molecule has 126 valence electrons. The summed E-state index contributed by atoms with van der Waals surface area (Å²) in [5.41, 5.74) is 0.0578. The molecule has 3 rings (SSSR count). The number of carbonyl (C=O) groups is 2. The number of pyridine rings is 1. The minimum Gasteiger partial charge on any atom is -0.318 e. The van der Waals surface area contributed by atoms with Gasteiger partial charge in [-0.15, -0.1) is 11.3 Å². The SMILES string of the molecule is CC(C)(C)c1nc(CN2C(=O)N[C@@](C)(c3ccccn3)C2=O)cs1. The number of nitrogens with one attached hydrogen (secondary N) is 1. The molecule has 1 saturated heterocycles. The molecule has 3 amide bonds. The van der Waals surface area contributed by atoms with Crippen LogP contribution in [0.1, 0.15) is 44.1 Å². The van der Waals surface area contributed by atoms with E-state index in [1.807, 2.05) is 5.38 Å². The van der Waals surface area contributed by atoms with Gasteiger partial charge >= 0.3 is 6.03 Å². The first-order valence-corrected chi connectivity index (χ1v) is 8.60. The van der Waals surface area contributed by atoms with Crippen molar-refractivity contribution in [1.29, 1.82) is 0 Å². The van der Waals surface area contributed by atoms with Gasteiger partial charge in [-0.3, -0.25) is 14.7 Å². The summed E-state index contributed by atoms with van der Waals surface area (Å²) in [6, 6.07) is 4.89. The van der Waals surface area contributed by atoms with E-state index in [0.717, 1.165) is 10.7 Å². The van der Waals surface area contributed by atoms with Gasteiger partial charge in [0, 0.05) is 17.0 Å². The topological polar surface area (TPSA) is 75.2 Å². The molecule has 0 aromatic carbocycles. The molecule has 0 unspecified atom stereocenters. The van der Waals surface area contributed by atoms with E-state index in [-0.39, 0.29) is 17.9 Å². The van der Waals surface area contributed by atoms with Crippen LogP contribution in [-0.2, 0) is 22.3 Å². The monoisotopic (exact) mass is 344 g/mol. The second-order valence-electron chi connectivity index (χ2n) is 7.06. The maximum absolute atomic E-state index is 12.8. The van der Waals surface area contributed by atoms with Crippen molar-refractivity contribution < 1.29 is 9.59 Å². The van der Waals surface area contributed by atoms with E-state index in [1.165, 1.54) is 4.90 Å². The molecule has 0 bridgehead atoms. The van der Waals surface area contributed by atoms with Crippen LogP contribution >= 0.6 is 11.3 Å². The summed E-state index contributed by atoms with van der Waals surface area (Å²) in [5.74, 6) is -0.309. The molecule has 0 radical (unpaired) electrons. The number of aromatic nitrogens is 2. The summed E-state index contributed by atoms with van der Waals surface area (Å²) in [5, 5.41) is 5.64. The first-order chi connectivity index (χ1) is 11.2. The molecular weight excluding hydrogens is 324 g/mol. The lowest BCUT2D eigenvalue weighted by molar-refractivity contribution is -0.131. The summed E-state index contributed by atoms with van der Waals surface area (Å²) in [7, 11) is 0. The van der Waals surface area contributed by atoms with Crippen LogP contribution in [0.4, 0.5) is 4.79 Å². The minimum absolute atomic E-state index is 0.0529. The molecule has 1 atom stereocenters. The van der Waals surface area contributed by atoms with Gasteiger partial charge in [0.1, 0.15) is 0 Å². The summed E-state index contributed by atoms with van der Waals surface area (Å²) < 4.78 is 0. The maximum atomic E-state index is 12.8. The Kier molecular flexibility index (Phi) is 3.91. The Bertz CT molecular complexity index is 781. The maximum Gasteiger partial charge on any atom is 0.325 e. The Morgan fingerprint density at radius 1 is 1.29 bits per heavy atom. The molecule has 2 aromatic heterocycles. The average Bonchev–Trinajstić information content (AvgIpc) is 3.08. The number of hydrogen-bond donors (Lipinski definition) is 1. The smallest absolute Gasteiger partial charge is 0.318 e. The van der Waals surface area contributed by atoms with Crippen LogP contribution in [0.3, 0.4) is 0 Å². The molecule has 2 aromatic rings. The third kappa shape index (κ3) is 2.80. The Hall–Kier alpha value is -2.28. The van der Waals surface area contributed by atoms with Gasteiger partial charge in [0.05, 0.1) is 22.9 Å². The fraction of sp³-hybridized carbons (Fsp3) is 0.412. The first kappa shape index (κ1) is 16.6. The highest BCUT2D eigenvalue weighted by Gasteiger charge is 2.50. The van der Waals surface area contributed by atoms with Gasteiger partial charge < -0.3 is 5.32 Å². The highest BCUT2D eigenvalue weighted by Crippen LogP contribution is 2.30. The van der Waals surface area contributed by atoms with Crippen molar-refractivity contribution in [3.05, 3.63) is 46.2 Å².